The Labute approximate surface area is 150 Å². The van der Waals surface area contributed by atoms with Crippen LogP contribution < -0.4 is 11.1 Å². The fraction of sp³-hybridized carbons (Fsp3) is 0.556. The second-order valence-electron chi connectivity index (χ2n) is 7.67. The molecule has 7 heteroatoms. The maximum absolute atomic E-state index is 12.2. The Morgan fingerprint density at radius 1 is 1.24 bits per heavy atom. The van der Waals surface area contributed by atoms with Crippen LogP contribution in [-0.2, 0) is 14.0 Å². The Bertz CT molecular complexity index is 584. The van der Waals surface area contributed by atoms with E-state index in [1.165, 1.54) is 0 Å². The van der Waals surface area contributed by atoms with E-state index in [4.69, 9.17) is 10.2 Å². The van der Waals surface area contributed by atoms with Gasteiger partial charge < -0.3 is 20.6 Å². The molecular formula is C18H30N2O4Si. The first kappa shape index (κ1) is 21.3. The summed E-state index contributed by atoms with van der Waals surface area (Å²) in [4.78, 5) is 23.8. The fourth-order valence-electron chi connectivity index (χ4n) is 1.97. The first-order valence-corrected chi connectivity index (χ1v) is 11.3. The summed E-state index contributed by atoms with van der Waals surface area (Å²) >= 11 is 0. The molecule has 0 bridgehead atoms. The summed E-state index contributed by atoms with van der Waals surface area (Å²) < 4.78 is 6.02. The van der Waals surface area contributed by atoms with Crippen LogP contribution in [-0.4, -0.2) is 37.9 Å². The summed E-state index contributed by atoms with van der Waals surface area (Å²) in [5, 5.41) is 12.7. The number of amides is 2. The van der Waals surface area contributed by atoms with Crippen LogP contribution in [0.25, 0.3) is 0 Å². The van der Waals surface area contributed by atoms with Gasteiger partial charge in [0.25, 0.3) is 5.91 Å². The number of hydrogen-bond donors (Lipinski definition) is 3. The molecule has 2 amide bonds. The van der Waals surface area contributed by atoms with Crippen LogP contribution in [0, 0.1) is 0 Å². The van der Waals surface area contributed by atoms with E-state index in [1.54, 1.807) is 30.3 Å². The lowest BCUT2D eigenvalue weighted by Crippen LogP contribution is -2.48. The molecule has 0 saturated heterocycles. The SMILES string of the molecule is CC(C)(C)[Si](C)(C)OCC[C@@H](NC(=O)[C@@H](O)c1ccccc1)C(N)=O. The second kappa shape index (κ2) is 8.60. The molecule has 6 nitrogen and oxygen atoms in total. The molecule has 140 valence electrons. The van der Waals surface area contributed by atoms with Crippen LogP contribution >= 0.6 is 0 Å². The van der Waals surface area contributed by atoms with Crippen LogP contribution in [0.3, 0.4) is 0 Å². The summed E-state index contributed by atoms with van der Waals surface area (Å²) in [7, 11) is -1.94. The number of nitrogens with two attached hydrogens (primary N) is 1. The van der Waals surface area contributed by atoms with Crippen molar-refractivity contribution in [1.82, 2.24) is 5.32 Å². The molecule has 1 rings (SSSR count). The first-order chi connectivity index (χ1) is 11.5. The highest BCUT2D eigenvalue weighted by molar-refractivity contribution is 6.74. The van der Waals surface area contributed by atoms with Gasteiger partial charge in [-0.3, -0.25) is 9.59 Å². The van der Waals surface area contributed by atoms with Crippen LogP contribution in [0.1, 0.15) is 38.9 Å². The van der Waals surface area contributed by atoms with Gasteiger partial charge in [-0.15, -0.1) is 0 Å². The predicted molar refractivity (Wildman–Crippen MR) is 100 cm³/mol. The molecule has 0 unspecified atom stereocenters. The molecular weight excluding hydrogens is 336 g/mol. The van der Waals surface area contributed by atoms with Gasteiger partial charge in [0.15, 0.2) is 14.4 Å². The van der Waals surface area contributed by atoms with E-state index in [2.05, 4.69) is 39.2 Å². The van der Waals surface area contributed by atoms with Gasteiger partial charge in [0.1, 0.15) is 6.04 Å². The normalized spacial score (nSPS) is 14.6. The number of carbonyl (C=O) groups is 2. The van der Waals surface area contributed by atoms with Crippen molar-refractivity contribution in [2.45, 2.75) is 57.5 Å². The third-order valence-electron chi connectivity index (χ3n) is 4.70. The summed E-state index contributed by atoms with van der Waals surface area (Å²) in [6, 6.07) is 7.65. The minimum absolute atomic E-state index is 0.0575. The zero-order valence-electron chi connectivity index (χ0n) is 15.7. The lowest BCUT2D eigenvalue weighted by atomic mass is 10.1. The van der Waals surface area contributed by atoms with Crippen molar-refractivity contribution in [2.24, 2.45) is 5.73 Å². The Balaban J connectivity index is 2.63. The van der Waals surface area contributed by atoms with E-state index in [1.807, 2.05) is 0 Å². The number of aliphatic hydroxyl groups excluding tert-OH is 1. The topological polar surface area (TPSA) is 102 Å². The lowest BCUT2D eigenvalue weighted by molar-refractivity contribution is -0.133. The summed E-state index contributed by atoms with van der Waals surface area (Å²) in [6.45, 7) is 10.9. The minimum atomic E-state index is -1.94. The number of rotatable bonds is 8. The highest BCUT2D eigenvalue weighted by Gasteiger charge is 2.37. The average Bonchev–Trinajstić information content (AvgIpc) is 2.52. The van der Waals surface area contributed by atoms with Gasteiger partial charge >= 0.3 is 0 Å². The van der Waals surface area contributed by atoms with Gasteiger partial charge in [-0.2, -0.15) is 0 Å². The van der Waals surface area contributed by atoms with Crippen molar-refractivity contribution in [3.63, 3.8) is 0 Å². The van der Waals surface area contributed by atoms with Crippen LogP contribution in [0.2, 0.25) is 18.1 Å². The maximum Gasteiger partial charge on any atom is 0.254 e. The molecule has 0 aliphatic rings. The third-order valence-corrected chi connectivity index (χ3v) is 9.24. The number of benzene rings is 1. The van der Waals surface area contributed by atoms with Gasteiger partial charge in [-0.25, -0.2) is 0 Å². The van der Waals surface area contributed by atoms with E-state index < -0.39 is 32.3 Å². The molecule has 0 fully saturated rings. The Morgan fingerprint density at radius 3 is 2.28 bits per heavy atom. The molecule has 0 saturated carbocycles. The molecule has 0 aliphatic carbocycles. The van der Waals surface area contributed by atoms with Crippen molar-refractivity contribution in [3.8, 4) is 0 Å². The molecule has 25 heavy (non-hydrogen) atoms. The molecule has 0 radical (unpaired) electrons. The summed E-state index contributed by atoms with van der Waals surface area (Å²) in [5.74, 6) is -1.30. The number of hydrogen-bond acceptors (Lipinski definition) is 4. The van der Waals surface area contributed by atoms with Crippen LogP contribution in [0.5, 0.6) is 0 Å². The largest absolute Gasteiger partial charge is 0.417 e. The van der Waals surface area contributed by atoms with E-state index in [0.29, 0.717) is 12.2 Å². The Hall–Kier alpha value is -1.70. The molecule has 1 aromatic rings. The highest BCUT2D eigenvalue weighted by atomic mass is 28.4. The molecule has 0 heterocycles. The number of nitrogens with one attached hydrogen (secondary N) is 1. The van der Waals surface area contributed by atoms with Crippen molar-refractivity contribution in [1.29, 1.82) is 0 Å². The predicted octanol–water partition coefficient (Wildman–Crippen LogP) is 2.10. The number of primary amides is 1. The smallest absolute Gasteiger partial charge is 0.254 e. The number of aliphatic hydroxyl groups is 1. The highest BCUT2D eigenvalue weighted by Crippen LogP contribution is 2.36. The monoisotopic (exact) mass is 366 g/mol. The molecule has 1 aromatic carbocycles. The Kier molecular flexibility index (Phi) is 7.34. The Morgan fingerprint density at radius 2 is 1.80 bits per heavy atom. The standard InChI is InChI=1S/C18H30N2O4Si/c1-18(2,3)25(4,5)24-12-11-14(16(19)22)20-17(23)15(21)13-9-7-6-8-10-13/h6-10,14-15,21H,11-12H2,1-5H3,(H2,19,22)(H,20,23)/t14-,15+/m1/s1. The summed E-state index contributed by atoms with van der Waals surface area (Å²) in [6.07, 6.45) is -1.07. The second-order valence-corrected chi connectivity index (χ2v) is 12.5. The zero-order chi connectivity index (χ0) is 19.3. The molecule has 4 N–H and O–H groups in total. The van der Waals surface area contributed by atoms with E-state index in [9.17, 15) is 14.7 Å². The van der Waals surface area contributed by atoms with E-state index >= 15 is 0 Å². The minimum Gasteiger partial charge on any atom is -0.417 e. The van der Waals surface area contributed by atoms with E-state index in [-0.39, 0.29) is 11.5 Å². The average molecular weight is 367 g/mol. The molecule has 2 atom stereocenters. The van der Waals surface area contributed by atoms with Gasteiger partial charge in [0, 0.05) is 6.61 Å². The third kappa shape index (κ3) is 6.26. The molecule has 0 aromatic heterocycles. The van der Waals surface area contributed by atoms with Crippen LogP contribution in [0.15, 0.2) is 30.3 Å². The fourth-order valence-corrected chi connectivity index (χ4v) is 3.03. The van der Waals surface area contributed by atoms with Gasteiger partial charge in [0.05, 0.1) is 0 Å². The first-order valence-electron chi connectivity index (χ1n) is 8.42. The van der Waals surface area contributed by atoms with Gasteiger partial charge in [-0.1, -0.05) is 51.1 Å². The lowest BCUT2D eigenvalue weighted by Gasteiger charge is -2.36. The summed E-state index contributed by atoms with van der Waals surface area (Å²) in [5.41, 5.74) is 5.84. The number of carbonyl (C=O) groups excluding carboxylic acids is 2. The molecule has 0 aliphatic heterocycles. The van der Waals surface area contributed by atoms with E-state index in [0.717, 1.165) is 0 Å². The van der Waals surface area contributed by atoms with Gasteiger partial charge in [-0.05, 0) is 30.1 Å². The van der Waals surface area contributed by atoms with Crippen LogP contribution in [0.4, 0.5) is 0 Å². The van der Waals surface area contributed by atoms with Gasteiger partial charge in [0.2, 0.25) is 5.91 Å². The van der Waals surface area contributed by atoms with Crippen molar-refractivity contribution in [2.75, 3.05) is 6.61 Å². The zero-order valence-corrected chi connectivity index (χ0v) is 16.7. The maximum atomic E-state index is 12.2. The molecule has 0 spiro atoms. The quantitative estimate of drug-likeness (QED) is 0.613. The van der Waals surface area contributed by atoms with Crippen molar-refractivity contribution < 1.29 is 19.1 Å². The van der Waals surface area contributed by atoms with Crippen molar-refractivity contribution >= 4 is 20.1 Å². The van der Waals surface area contributed by atoms with Crippen molar-refractivity contribution in [3.05, 3.63) is 35.9 Å².